The number of hydrogen-bond donors (Lipinski definition) is 1. The summed E-state index contributed by atoms with van der Waals surface area (Å²) in [6, 6.07) is 13.9. The lowest BCUT2D eigenvalue weighted by Gasteiger charge is -2.07. The maximum Gasteiger partial charge on any atom is 0.252 e. The zero-order valence-electron chi connectivity index (χ0n) is 15.6. The summed E-state index contributed by atoms with van der Waals surface area (Å²) in [4.78, 5) is 23.3. The molecule has 0 fully saturated rings. The Hall–Kier alpha value is -3.10. The monoisotopic (exact) mass is 419 g/mol. The van der Waals surface area contributed by atoms with Crippen LogP contribution in [0.5, 0.6) is 0 Å². The van der Waals surface area contributed by atoms with Crippen molar-refractivity contribution in [3.8, 4) is 0 Å². The van der Waals surface area contributed by atoms with Crippen LogP contribution in [0.1, 0.15) is 25.9 Å². The average molecular weight is 420 g/mol. The molecule has 0 unspecified atom stereocenters. The molecule has 5 rings (SSSR count). The number of fused-ring (bicyclic) bond motifs is 2. The quantitative estimate of drug-likeness (QED) is 0.459. The van der Waals surface area contributed by atoms with E-state index < -0.39 is 0 Å². The number of amides is 1. The molecule has 0 saturated heterocycles. The van der Waals surface area contributed by atoms with Crippen LogP contribution < -0.4 is 5.32 Å². The van der Waals surface area contributed by atoms with Crippen molar-refractivity contribution in [1.82, 2.24) is 25.1 Å². The Balaban J connectivity index is 1.41. The van der Waals surface area contributed by atoms with Gasteiger partial charge in [-0.3, -0.25) is 4.79 Å². The van der Waals surface area contributed by atoms with Gasteiger partial charge in [0.05, 0.1) is 40.5 Å². The van der Waals surface area contributed by atoms with E-state index in [-0.39, 0.29) is 5.91 Å². The number of carbonyl (C=O) groups is 1. The summed E-state index contributed by atoms with van der Waals surface area (Å²) in [6.07, 6.45) is 1.72. The molecule has 6 nitrogen and oxygen atoms in total. The molecule has 0 bridgehead atoms. The zero-order chi connectivity index (χ0) is 19.8. The lowest BCUT2D eigenvalue weighted by Crippen LogP contribution is -2.23. The van der Waals surface area contributed by atoms with Gasteiger partial charge in [0.1, 0.15) is 5.01 Å². The largest absolute Gasteiger partial charge is 0.346 e. The van der Waals surface area contributed by atoms with Gasteiger partial charge in [-0.15, -0.1) is 22.7 Å². The van der Waals surface area contributed by atoms with Crippen molar-refractivity contribution in [3.63, 3.8) is 0 Å². The van der Waals surface area contributed by atoms with Crippen molar-refractivity contribution >= 4 is 49.8 Å². The van der Waals surface area contributed by atoms with Crippen LogP contribution in [0.2, 0.25) is 0 Å². The number of aryl methyl sites for hydroxylation is 1. The Morgan fingerprint density at radius 2 is 2.07 bits per heavy atom. The Morgan fingerprint density at radius 1 is 1.17 bits per heavy atom. The minimum absolute atomic E-state index is 0.143. The van der Waals surface area contributed by atoms with Gasteiger partial charge in [-0.05, 0) is 36.6 Å². The highest BCUT2D eigenvalue weighted by Gasteiger charge is 2.16. The maximum absolute atomic E-state index is 12.9. The predicted octanol–water partition coefficient (Wildman–Crippen LogP) is 4.39. The van der Waals surface area contributed by atoms with Crippen LogP contribution in [0.15, 0.2) is 54.0 Å². The number of aromatic nitrogens is 4. The van der Waals surface area contributed by atoms with Gasteiger partial charge in [-0.25, -0.2) is 14.6 Å². The fraction of sp³-hybridized carbons (Fsp3) is 0.143. The molecule has 0 atom stereocenters. The third-order valence-electron chi connectivity index (χ3n) is 4.61. The number of benzene rings is 1. The smallest absolute Gasteiger partial charge is 0.252 e. The second-order valence-corrected chi connectivity index (χ2v) is 8.84. The van der Waals surface area contributed by atoms with Crippen LogP contribution in [0.4, 0.5) is 0 Å². The molecule has 29 heavy (non-hydrogen) atoms. The van der Waals surface area contributed by atoms with Crippen molar-refractivity contribution in [2.75, 3.05) is 0 Å². The van der Waals surface area contributed by atoms with Gasteiger partial charge < -0.3 is 5.32 Å². The standard InChI is InChI=1S/C21H17N5OS2/c1-13-9-15(16-10-23-26(20(16)24-13)12-14-5-4-8-28-14)21(27)22-11-19-25-17-6-2-3-7-18(17)29-19/h2-10H,11-12H2,1H3,(H,22,27). The first kappa shape index (κ1) is 18.0. The molecule has 5 aromatic rings. The number of thiazole rings is 1. The van der Waals surface area contributed by atoms with Crippen LogP contribution in [0.3, 0.4) is 0 Å². The minimum atomic E-state index is -0.143. The Bertz CT molecular complexity index is 1290. The number of thiophene rings is 1. The van der Waals surface area contributed by atoms with Crippen LogP contribution in [-0.2, 0) is 13.1 Å². The van der Waals surface area contributed by atoms with Crippen LogP contribution in [0.25, 0.3) is 21.3 Å². The molecule has 8 heteroatoms. The molecule has 1 N–H and O–H groups in total. The van der Waals surface area contributed by atoms with E-state index in [9.17, 15) is 4.79 Å². The summed E-state index contributed by atoms with van der Waals surface area (Å²) in [5.41, 5.74) is 3.06. The van der Waals surface area contributed by atoms with Crippen molar-refractivity contribution in [2.24, 2.45) is 0 Å². The molecule has 0 spiro atoms. The van der Waals surface area contributed by atoms with E-state index in [0.29, 0.717) is 18.7 Å². The summed E-state index contributed by atoms with van der Waals surface area (Å²) >= 11 is 3.27. The van der Waals surface area contributed by atoms with Gasteiger partial charge in [0.15, 0.2) is 5.65 Å². The number of rotatable bonds is 5. The molecule has 4 heterocycles. The Labute approximate surface area is 174 Å². The van der Waals surface area contributed by atoms with E-state index in [2.05, 4.69) is 26.4 Å². The van der Waals surface area contributed by atoms with Gasteiger partial charge in [-0.1, -0.05) is 18.2 Å². The SMILES string of the molecule is Cc1cc(C(=O)NCc2nc3ccccc3s2)c2cnn(Cc3cccs3)c2n1. The van der Waals surface area contributed by atoms with E-state index in [4.69, 9.17) is 0 Å². The molecule has 0 saturated carbocycles. The second-order valence-electron chi connectivity index (χ2n) is 6.69. The van der Waals surface area contributed by atoms with E-state index >= 15 is 0 Å². The molecule has 0 radical (unpaired) electrons. The summed E-state index contributed by atoms with van der Waals surface area (Å²) in [7, 11) is 0. The van der Waals surface area contributed by atoms with E-state index in [1.807, 2.05) is 53.4 Å². The van der Waals surface area contributed by atoms with Gasteiger partial charge in [-0.2, -0.15) is 5.10 Å². The van der Waals surface area contributed by atoms with Crippen LogP contribution >= 0.6 is 22.7 Å². The topological polar surface area (TPSA) is 72.7 Å². The molecule has 0 aliphatic heterocycles. The van der Waals surface area contributed by atoms with Gasteiger partial charge in [0, 0.05) is 10.6 Å². The van der Waals surface area contributed by atoms with Crippen LogP contribution in [-0.4, -0.2) is 25.7 Å². The van der Waals surface area contributed by atoms with Crippen molar-refractivity contribution in [3.05, 3.63) is 75.2 Å². The van der Waals surface area contributed by atoms with Gasteiger partial charge >= 0.3 is 0 Å². The fourth-order valence-corrected chi connectivity index (χ4v) is 4.87. The van der Waals surface area contributed by atoms with Gasteiger partial charge in [0.2, 0.25) is 0 Å². The maximum atomic E-state index is 12.9. The van der Waals surface area contributed by atoms with E-state index in [0.717, 1.165) is 32.0 Å². The first-order valence-electron chi connectivity index (χ1n) is 9.15. The summed E-state index contributed by atoms with van der Waals surface area (Å²) in [5.74, 6) is -0.143. The molecule has 1 aromatic carbocycles. The van der Waals surface area contributed by atoms with Crippen molar-refractivity contribution in [2.45, 2.75) is 20.0 Å². The zero-order valence-corrected chi connectivity index (χ0v) is 17.3. The number of para-hydroxylation sites is 1. The Kier molecular flexibility index (Phi) is 4.57. The van der Waals surface area contributed by atoms with E-state index in [1.54, 1.807) is 28.9 Å². The highest BCUT2D eigenvalue weighted by molar-refractivity contribution is 7.18. The molecule has 0 aliphatic rings. The average Bonchev–Trinajstić information content (AvgIpc) is 3.46. The summed E-state index contributed by atoms with van der Waals surface area (Å²) < 4.78 is 2.96. The highest BCUT2D eigenvalue weighted by atomic mass is 32.1. The first-order chi connectivity index (χ1) is 14.2. The molecule has 0 aliphatic carbocycles. The number of pyridine rings is 1. The molecular weight excluding hydrogens is 402 g/mol. The molecular formula is C21H17N5OS2. The van der Waals surface area contributed by atoms with Crippen molar-refractivity contribution < 1.29 is 4.79 Å². The lowest BCUT2D eigenvalue weighted by atomic mass is 10.1. The fourth-order valence-electron chi connectivity index (χ4n) is 3.27. The first-order valence-corrected chi connectivity index (χ1v) is 10.9. The number of nitrogens with zero attached hydrogens (tertiary/aromatic N) is 4. The third kappa shape index (κ3) is 3.52. The number of hydrogen-bond acceptors (Lipinski definition) is 6. The second kappa shape index (κ2) is 7.38. The van der Waals surface area contributed by atoms with Gasteiger partial charge in [0.25, 0.3) is 5.91 Å². The van der Waals surface area contributed by atoms with Crippen LogP contribution in [0, 0.1) is 6.92 Å². The molecule has 4 aromatic heterocycles. The number of nitrogens with one attached hydrogen (secondary N) is 1. The van der Waals surface area contributed by atoms with Crippen molar-refractivity contribution in [1.29, 1.82) is 0 Å². The Morgan fingerprint density at radius 3 is 2.90 bits per heavy atom. The number of carbonyl (C=O) groups excluding carboxylic acids is 1. The lowest BCUT2D eigenvalue weighted by molar-refractivity contribution is 0.0952. The predicted molar refractivity (Wildman–Crippen MR) is 116 cm³/mol. The summed E-state index contributed by atoms with van der Waals surface area (Å²) in [6.45, 7) is 2.93. The molecule has 144 valence electrons. The highest BCUT2D eigenvalue weighted by Crippen LogP contribution is 2.23. The molecule has 1 amide bonds. The minimum Gasteiger partial charge on any atom is -0.346 e. The van der Waals surface area contributed by atoms with E-state index in [1.165, 1.54) is 4.88 Å². The summed E-state index contributed by atoms with van der Waals surface area (Å²) in [5, 5.41) is 11.2. The normalized spacial score (nSPS) is 11.3. The third-order valence-corrected chi connectivity index (χ3v) is 6.50.